The zero-order valence-corrected chi connectivity index (χ0v) is 17.7. The zero-order valence-electron chi connectivity index (χ0n) is 16.1. The molecule has 0 aliphatic carbocycles. The van der Waals surface area contributed by atoms with Crippen molar-refractivity contribution in [2.45, 2.75) is 39.5 Å². The summed E-state index contributed by atoms with van der Waals surface area (Å²) in [5.74, 6) is 0. The molecule has 8 heteroatoms. The van der Waals surface area contributed by atoms with Crippen LogP contribution >= 0.6 is 23.6 Å². The highest BCUT2D eigenvalue weighted by atomic mass is 32.1. The summed E-state index contributed by atoms with van der Waals surface area (Å²) in [5.41, 5.74) is 1.11. The van der Waals surface area contributed by atoms with E-state index in [4.69, 9.17) is 17.2 Å². The lowest BCUT2D eigenvalue weighted by Gasteiger charge is -2.37. The first-order valence-electron chi connectivity index (χ1n) is 9.49. The number of hydrogen-bond acceptors (Lipinski definition) is 6. The van der Waals surface area contributed by atoms with Crippen LogP contribution in [0.25, 0.3) is 10.2 Å². The molecule has 4 rings (SSSR count). The minimum atomic E-state index is 0.345. The fourth-order valence-electron chi connectivity index (χ4n) is 3.51. The van der Waals surface area contributed by atoms with Crippen molar-refractivity contribution in [3.8, 4) is 0 Å². The van der Waals surface area contributed by atoms with Gasteiger partial charge in [-0.15, -0.1) is 11.3 Å². The van der Waals surface area contributed by atoms with E-state index in [1.807, 2.05) is 26.9 Å². The van der Waals surface area contributed by atoms with Gasteiger partial charge in [-0.2, -0.15) is 5.10 Å². The van der Waals surface area contributed by atoms with E-state index in [-0.39, 0.29) is 0 Å². The molecule has 2 aromatic heterocycles. The number of fused-ring (bicyclic) bond motifs is 1. The highest BCUT2D eigenvalue weighted by molar-refractivity contribution is 7.71. The molecular formula is C19H26N6S2. The first-order valence-corrected chi connectivity index (χ1v) is 10.7. The van der Waals surface area contributed by atoms with E-state index in [9.17, 15) is 0 Å². The minimum absolute atomic E-state index is 0.345. The maximum Gasteiger partial charge on any atom is 0.199 e. The van der Waals surface area contributed by atoms with Crippen LogP contribution in [-0.4, -0.2) is 55.3 Å². The van der Waals surface area contributed by atoms with Crippen LogP contribution in [0.4, 0.5) is 0 Å². The topological polar surface area (TPSA) is 42.1 Å². The first-order chi connectivity index (χ1) is 13.0. The largest absolute Gasteiger partial charge is 0.304 e. The number of hydrogen-bond donors (Lipinski definition) is 0. The number of aromatic nitrogens is 4. The monoisotopic (exact) mass is 402 g/mol. The molecular weight excluding hydrogens is 376 g/mol. The van der Waals surface area contributed by atoms with Crippen molar-refractivity contribution in [1.29, 1.82) is 0 Å². The van der Waals surface area contributed by atoms with Crippen LogP contribution < -0.4 is 0 Å². The Morgan fingerprint density at radius 1 is 1.11 bits per heavy atom. The van der Waals surface area contributed by atoms with E-state index in [0.717, 1.165) is 43.1 Å². The molecule has 0 N–H and O–H groups in total. The third kappa shape index (κ3) is 3.85. The maximum absolute atomic E-state index is 5.55. The van der Waals surface area contributed by atoms with Crippen LogP contribution in [0.15, 0.2) is 30.6 Å². The molecule has 0 radical (unpaired) electrons. The standard InChI is InChI=1S/C19H26N6S2/c1-14(2)24-12-20-25(19(24)26)13-22-8-10-23(11-9-22)15(3)18-21-16-6-4-5-7-17(16)27-18/h4-7,12,14-15H,8-11,13H2,1-3H3. The Balaban J connectivity index is 1.38. The molecule has 0 bridgehead atoms. The van der Waals surface area contributed by atoms with Gasteiger partial charge < -0.3 is 4.57 Å². The highest BCUT2D eigenvalue weighted by Gasteiger charge is 2.24. The minimum Gasteiger partial charge on any atom is -0.304 e. The number of rotatable bonds is 5. The summed E-state index contributed by atoms with van der Waals surface area (Å²) in [6.07, 6.45) is 1.85. The summed E-state index contributed by atoms with van der Waals surface area (Å²) >= 11 is 7.36. The van der Waals surface area contributed by atoms with Crippen molar-refractivity contribution >= 4 is 33.8 Å². The lowest BCUT2D eigenvalue weighted by Crippen LogP contribution is -2.47. The number of para-hydroxylation sites is 1. The Kier molecular flexibility index (Phi) is 5.41. The van der Waals surface area contributed by atoms with Crippen molar-refractivity contribution in [1.82, 2.24) is 29.1 Å². The molecule has 0 amide bonds. The predicted octanol–water partition coefficient (Wildman–Crippen LogP) is 3.94. The summed E-state index contributed by atoms with van der Waals surface area (Å²) in [7, 11) is 0. The smallest absolute Gasteiger partial charge is 0.199 e. The summed E-state index contributed by atoms with van der Waals surface area (Å²) in [6.45, 7) is 11.4. The van der Waals surface area contributed by atoms with Crippen LogP contribution in [0.1, 0.15) is 37.9 Å². The lowest BCUT2D eigenvalue weighted by molar-refractivity contribution is 0.0787. The van der Waals surface area contributed by atoms with Gasteiger partial charge in [-0.3, -0.25) is 9.80 Å². The van der Waals surface area contributed by atoms with Gasteiger partial charge in [-0.05, 0) is 45.1 Å². The number of piperazine rings is 1. The van der Waals surface area contributed by atoms with E-state index in [1.54, 1.807) is 0 Å². The van der Waals surface area contributed by atoms with E-state index in [0.29, 0.717) is 12.1 Å². The van der Waals surface area contributed by atoms with Crippen LogP contribution in [-0.2, 0) is 6.67 Å². The van der Waals surface area contributed by atoms with Gasteiger partial charge in [-0.25, -0.2) is 9.67 Å². The van der Waals surface area contributed by atoms with Crippen LogP contribution in [0.3, 0.4) is 0 Å². The van der Waals surface area contributed by atoms with Gasteiger partial charge in [0.2, 0.25) is 0 Å². The molecule has 1 aliphatic heterocycles. The van der Waals surface area contributed by atoms with Crippen molar-refractivity contribution in [3.63, 3.8) is 0 Å². The zero-order chi connectivity index (χ0) is 19.0. The van der Waals surface area contributed by atoms with E-state index < -0.39 is 0 Å². The molecule has 6 nitrogen and oxygen atoms in total. The molecule has 0 spiro atoms. The van der Waals surface area contributed by atoms with Gasteiger partial charge in [0.05, 0.1) is 22.9 Å². The fraction of sp³-hybridized carbons (Fsp3) is 0.526. The first kappa shape index (κ1) is 18.7. The second-order valence-electron chi connectivity index (χ2n) is 7.41. The Hall–Kier alpha value is -1.61. The Morgan fingerprint density at radius 2 is 1.85 bits per heavy atom. The predicted molar refractivity (Wildman–Crippen MR) is 113 cm³/mol. The molecule has 1 atom stereocenters. The van der Waals surface area contributed by atoms with Gasteiger partial charge in [-0.1, -0.05) is 12.1 Å². The Morgan fingerprint density at radius 3 is 2.52 bits per heavy atom. The van der Waals surface area contributed by atoms with Gasteiger partial charge in [0.25, 0.3) is 0 Å². The number of nitrogens with zero attached hydrogens (tertiary/aromatic N) is 6. The second-order valence-corrected chi connectivity index (χ2v) is 8.83. The SMILES string of the molecule is CC(c1nc2ccccc2s1)N1CCN(Cn2ncn(C(C)C)c2=S)CC1. The van der Waals surface area contributed by atoms with E-state index in [2.05, 4.69) is 59.9 Å². The molecule has 1 fully saturated rings. The van der Waals surface area contributed by atoms with Crippen LogP contribution in [0.2, 0.25) is 0 Å². The van der Waals surface area contributed by atoms with Crippen molar-refractivity contribution in [2.24, 2.45) is 0 Å². The number of benzene rings is 1. The fourth-order valence-corrected chi connectivity index (χ4v) is 4.92. The second kappa shape index (κ2) is 7.79. The molecule has 3 aromatic rings. The maximum atomic E-state index is 5.55. The van der Waals surface area contributed by atoms with Crippen molar-refractivity contribution < 1.29 is 0 Å². The molecule has 3 heterocycles. The average molecular weight is 403 g/mol. The third-order valence-electron chi connectivity index (χ3n) is 5.27. The van der Waals surface area contributed by atoms with Crippen LogP contribution in [0, 0.1) is 4.77 Å². The molecule has 27 heavy (non-hydrogen) atoms. The molecule has 1 aromatic carbocycles. The summed E-state index contributed by atoms with van der Waals surface area (Å²) in [4.78, 5) is 9.79. The molecule has 1 aliphatic rings. The van der Waals surface area contributed by atoms with E-state index >= 15 is 0 Å². The Labute approximate surface area is 169 Å². The van der Waals surface area contributed by atoms with E-state index in [1.165, 1.54) is 9.71 Å². The highest BCUT2D eigenvalue weighted by Crippen LogP contribution is 2.29. The molecule has 1 saturated heterocycles. The van der Waals surface area contributed by atoms with Crippen LogP contribution in [0.5, 0.6) is 0 Å². The van der Waals surface area contributed by atoms with Crippen molar-refractivity contribution in [2.75, 3.05) is 26.2 Å². The van der Waals surface area contributed by atoms with Crippen molar-refractivity contribution in [3.05, 3.63) is 40.4 Å². The van der Waals surface area contributed by atoms with Gasteiger partial charge >= 0.3 is 0 Å². The van der Waals surface area contributed by atoms with Gasteiger partial charge in [0.1, 0.15) is 11.3 Å². The summed E-state index contributed by atoms with van der Waals surface area (Å²) in [6, 6.07) is 9.09. The third-order valence-corrected chi connectivity index (χ3v) is 6.90. The average Bonchev–Trinajstić information content (AvgIpc) is 3.26. The lowest BCUT2D eigenvalue weighted by atomic mass is 10.2. The number of thiazole rings is 1. The van der Waals surface area contributed by atoms with Gasteiger partial charge in [0, 0.05) is 32.2 Å². The van der Waals surface area contributed by atoms with Gasteiger partial charge in [0.15, 0.2) is 4.77 Å². The Bertz CT molecular complexity index is 931. The summed E-state index contributed by atoms with van der Waals surface area (Å²) in [5, 5.41) is 5.68. The quantitative estimate of drug-likeness (QED) is 0.605. The molecule has 0 saturated carbocycles. The molecule has 144 valence electrons. The molecule has 1 unspecified atom stereocenters. The normalized spacial score (nSPS) is 17.8. The summed E-state index contributed by atoms with van der Waals surface area (Å²) < 4.78 is 6.05.